The predicted octanol–water partition coefficient (Wildman–Crippen LogP) is 2.94. The first-order valence-corrected chi connectivity index (χ1v) is 9.97. The number of aromatic amines is 1. The van der Waals surface area contributed by atoms with Crippen molar-refractivity contribution < 1.29 is 14.6 Å². The fourth-order valence-corrected chi connectivity index (χ4v) is 3.78. The van der Waals surface area contributed by atoms with Gasteiger partial charge in [-0.15, -0.1) is 0 Å². The number of fused-ring (bicyclic) bond motifs is 1. The highest BCUT2D eigenvalue weighted by molar-refractivity contribution is 5.79. The highest BCUT2D eigenvalue weighted by atomic mass is 16.5. The van der Waals surface area contributed by atoms with Gasteiger partial charge in [0.2, 0.25) is 5.91 Å². The highest BCUT2D eigenvalue weighted by Gasteiger charge is 2.25. The van der Waals surface area contributed by atoms with Crippen molar-refractivity contribution in [2.24, 2.45) is 0 Å². The summed E-state index contributed by atoms with van der Waals surface area (Å²) in [5, 5.41) is 13.4. The van der Waals surface area contributed by atoms with Gasteiger partial charge in [-0.25, -0.2) is 0 Å². The largest absolute Gasteiger partial charge is 0.390 e. The molecule has 1 aliphatic rings. The van der Waals surface area contributed by atoms with Crippen molar-refractivity contribution in [2.75, 3.05) is 0 Å². The molecule has 2 aromatic rings. The first-order chi connectivity index (χ1) is 13.2. The number of H-pyrrole nitrogens is 1. The third kappa shape index (κ3) is 5.20. The second-order valence-corrected chi connectivity index (χ2v) is 8.44. The summed E-state index contributed by atoms with van der Waals surface area (Å²) in [5.41, 5.74) is 1.41. The van der Waals surface area contributed by atoms with E-state index < -0.39 is 5.60 Å². The molecule has 6 heteroatoms. The number of hydrogen-bond donors (Lipinski definition) is 3. The van der Waals surface area contributed by atoms with Crippen LogP contribution in [0.4, 0.5) is 0 Å². The van der Waals surface area contributed by atoms with Crippen molar-refractivity contribution in [1.29, 1.82) is 0 Å². The number of para-hydroxylation sites is 1. The van der Waals surface area contributed by atoms with E-state index in [0.717, 1.165) is 36.9 Å². The lowest BCUT2D eigenvalue weighted by Gasteiger charge is -2.30. The Kier molecular flexibility index (Phi) is 6.20. The van der Waals surface area contributed by atoms with E-state index in [-0.39, 0.29) is 29.9 Å². The van der Waals surface area contributed by atoms with Crippen LogP contribution < -0.4 is 10.7 Å². The van der Waals surface area contributed by atoms with Crippen LogP contribution in [0.15, 0.2) is 29.1 Å². The lowest BCUT2D eigenvalue weighted by Crippen LogP contribution is -2.41. The number of hydrogen-bond acceptors (Lipinski definition) is 4. The van der Waals surface area contributed by atoms with Crippen LogP contribution >= 0.6 is 0 Å². The van der Waals surface area contributed by atoms with Crippen LogP contribution in [-0.2, 0) is 16.1 Å². The molecule has 0 radical (unpaired) electrons. The second-order valence-electron chi connectivity index (χ2n) is 8.44. The van der Waals surface area contributed by atoms with Crippen LogP contribution in [0, 0.1) is 6.92 Å². The predicted molar refractivity (Wildman–Crippen MR) is 109 cm³/mol. The average molecular weight is 386 g/mol. The van der Waals surface area contributed by atoms with Gasteiger partial charge in [-0.3, -0.25) is 9.59 Å². The fraction of sp³-hybridized carbons (Fsp3) is 0.545. The van der Waals surface area contributed by atoms with Crippen LogP contribution in [0.5, 0.6) is 0 Å². The Morgan fingerprint density at radius 3 is 2.61 bits per heavy atom. The molecule has 0 saturated heterocycles. The van der Waals surface area contributed by atoms with E-state index >= 15 is 0 Å². The van der Waals surface area contributed by atoms with Crippen molar-refractivity contribution in [2.45, 2.75) is 77.2 Å². The smallest absolute Gasteiger partial charge is 0.223 e. The van der Waals surface area contributed by atoms with Crippen LogP contribution in [-0.4, -0.2) is 33.7 Å². The summed E-state index contributed by atoms with van der Waals surface area (Å²) in [4.78, 5) is 27.8. The molecule has 0 atom stereocenters. The maximum absolute atomic E-state index is 12.5. The third-order valence-corrected chi connectivity index (χ3v) is 5.35. The minimum Gasteiger partial charge on any atom is -0.390 e. The van der Waals surface area contributed by atoms with Gasteiger partial charge in [-0.2, -0.15) is 0 Å². The number of carbonyl (C=O) groups excluding carboxylic acids is 1. The molecule has 28 heavy (non-hydrogen) atoms. The van der Waals surface area contributed by atoms with Crippen molar-refractivity contribution in [1.82, 2.24) is 10.3 Å². The van der Waals surface area contributed by atoms with Crippen LogP contribution in [0.2, 0.25) is 0 Å². The second kappa shape index (κ2) is 8.45. The first kappa shape index (κ1) is 20.6. The molecule has 0 aliphatic heterocycles. The zero-order valence-electron chi connectivity index (χ0n) is 16.9. The fourth-order valence-electron chi connectivity index (χ4n) is 3.78. The molecule has 1 aromatic heterocycles. The molecule has 1 fully saturated rings. The molecule has 0 bridgehead atoms. The molecule has 1 heterocycles. The number of aromatic nitrogens is 1. The monoisotopic (exact) mass is 386 g/mol. The number of amides is 1. The van der Waals surface area contributed by atoms with Gasteiger partial charge in [0.1, 0.15) is 0 Å². The summed E-state index contributed by atoms with van der Waals surface area (Å²) in [6.45, 7) is 5.48. The van der Waals surface area contributed by atoms with Crippen molar-refractivity contribution >= 4 is 16.8 Å². The van der Waals surface area contributed by atoms with Gasteiger partial charge in [-0.05, 0) is 58.6 Å². The molecule has 1 aromatic carbocycles. The molecular weight excluding hydrogens is 356 g/mol. The van der Waals surface area contributed by atoms with E-state index in [2.05, 4.69) is 10.3 Å². The highest BCUT2D eigenvalue weighted by Crippen LogP contribution is 2.23. The average Bonchev–Trinajstić information content (AvgIpc) is 2.63. The number of aliphatic hydroxyl groups is 1. The van der Waals surface area contributed by atoms with E-state index in [1.807, 2.05) is 31.2 Å². The minimum absolute atomic E-state index is 0.0474. The van der Waals surface area contributed by atoms with Gasteiger partial charge in [0.15, 0.2) is 5.43 Å². The van der Waals surface area contributed by atoms with E-state index in [9.17, 15) is 14.7 Å². The molecule has 0 unspecified atom stereocenters. The van der Waals surface area contributed by atoms with Gasteiger partial charge in [0, 0.05) is 28.2 Å². The van der Waals surface area contributed by atoms with Crippen molar-refractivity contribution in [3.05, 3.63) is 45.7 Å². The molecule has 3 N–H and O–H groups in total. The quantitative estimate of drug-likeness (QED) is 0.712. The number of nitrogens with one attached hydrogen (secondary N) is 2. The van der Waals surface area contributed by atoms with Crippen molar-refractivity contribution in [3.63, 3.8) is 0 Å². The van der Waals surface area contributed by atoms with E-state index in [4.69, 9.17) is 4.74 Å². The lowest BCUT2D eigenvalue weighted by molar-refractivity contribution is -0.126. The third-order valence-electron chi connectivity index (χ3n) is 5.35. The molecule has 6 nitrogen and oxygen atoms in total. The maximum Gasteiger partial charge on any atom is 0.223 e. The Labute approximate surface area is 165 Å². The zero-order valence-corrected chi connectivity index (χ0v) is 16.9. The van der Waals surface area contributed by atoms with Crippen LogP contribution in [0.25, 0.3) is 10.9 Å². The summed E-state index contributed by atoms with van der Waals surface area (Å²) >= 11 is 0. The van der Waals surface area contributed by atoms with Crippen molar-refractivity contribution in [3.8, 4) is 0 Å². The molecule has 1 aliphatic carbocycles. The molecule has 152 valence electrons. The molecule has 0 spiro atoms. The summed E-state index contributed by atoms with van der Waals surface area (Å²) in [6.07, 6.45) is 3.68. The number of carbonyl (C=O) groups is 1. The Morgan fingerprint density at radius 2 is 1.93 bits per heavy atom. The first-order valence-electron chi connectivity index (χ1n) is 9.97. The maximum atomic E-state index is 12.5. The SMILES string of the molecule is Cc1c(COC2CCC(NC(=O)CC(C)(C)O)CC2)[nH]c2ccccc2c1=O. The number of ether oxygens (including phenoxy) is 1. The number of pyridine rings is 1. The lowest BCUT2D eigenvalue weighted by atomic mass is 9.92. The van der Waals surface area contributed by atoms with Gasteiger partial charge >= 0.3 is 0 Å². The Hall–Kier alpha value is -2.18. The normalized spacial score (nSPS) is 20.3. The van der Waals surface area contributed by atoms with E-state index in [1.54, 1.807) is 13.8 Å². The summed E-state index contributed by atoms with van der Waals surface area (Å²) in [5.74, 6) is -0.110. The topological polar surface area (TPSA) is 91.4 Å². The minimum atomic E-state index is -0.987. The van der Waals surface area contributed by atoms with Gasteiger partial charge in [-0.1, -0.05) is 12.1 Å². The summed E-state index contributed by atoms with van der Waals surface area (Å²) in [7, 11) is 0. The summed E-state index contributed by atoms with van der Waals surface area (Å²) in [6, 6.07) is 7.65. The Balaban J connectivity index is 1.52. The van der Waals surface area contributed by atoms with Gasteiger partial charge in [0.05, 0.1) is 24.7 Å². The Bertz CT molecular complexity index is 890. The molecular formula is C22H30N2O4. The standard InChI is InChI=1S/C22H30N2O4/c1-14-19(24-18-7-5-4-6-17(18)21(14)26)13-28-16-10-8-15(9-11-16)23-20(25)12-22(2,3)27/h4-7,15-16,27H,8-13H2,1-3H3,(H,23,25)(H,24,26). The number of rotatable bonds is 6. The number of benzene rings is 1. The van der Waals surface area contributed by atoms with Gasteiger partial charge < -0.3 is 20.1 Å². The van der Waals surface area contributed by atoms with Gasteiger partial charge in [0.25, 0.3) is 0 Å². The molecule has 3 rings (SSSR count). The van der Waals surface area contributed by atoms with E-state index in [1.165, 1.54) is 0 Å². The zero-order chi connectivity index (χ0) is 20.3. The molecule has 1 amide bonds. The summed E-state index contributed by atoms with van der Waals surface area (Å²) < 4.78 is 6.06. The Morgan fingerprint density at radius 1 is 1.25 bits per heavy atom. The van der Waals surface area contributed by atoms with Crippen LogP contribution in [0.1, 0.15) is 57.2 Å². The van der Waals surface area contributed by atoms with Crippen LogP contribution in [0.3, 0.4) is 0 Å². The van der Waals surface area contributed by atoms with E-state index in [0.29, 0.717) is 17.6 Å². The molecule has 1 saturated carbocycles.